The molecule has 0 unspecified atom stereocenters. The first kappa shape index (κ1) is 10.2. The summed E-state index contributed by atoms with van der Waals surface area (Å²) in [4.78, 5) is 0. The van der Waals surface area contributed by atoms with E-state index in [1.807, 2.05) is 0 Å². The molecule has 80 valence electrons. The zero-order chi connectivity index (χ0) is 10.5. The Kier molecular flexibility index (Phi) is 3.41. The summed E-state index contributed by atoms with van der Waals surface area (Å²) in [6.07, 6.45) is 4.85. The van der Waals surface area contributed by atoms with Crippen LogP contribution in [0.1, 0.15) is 12.8 Å². The molecule has 1 aliphatic heterocycles. The van der Waals surface area contributed by atoms with Crippen LogP contribution in [0.5, 0.6) is 0 Å². The molecule has 2 nitrogen and oxygen atoms in total. The molecule has 1 fully saturated rings. The van der Waals surface area contributed by atoms with Gasteiger partial charge in [-0.2, -0.15) is 0 Å². The summed E-state index contributed by atoms with van der Waals surface area (Å²) in [5.41, 5.74) is 1.29. The number of nitrogens with one attached hydrogen (secondary N) is 1. The van der Waals surface area contributed by atoms with E-state index in [-0.39, 0.29) is 0 Å². The van der Waals surface area contributed by atoms with Gasteiger partial charge in [0.25, 0.3) is 0 Å². The topological polar surface area (TPSA) is 17.0 Å². The molecule has 0 atom stereocenters. The van der Waals surface area contributed by atoms with Gasteiger partial charge >= 0.3 is 0 Å². The van der Waals surface area contributed by atoms with Gasteiger partial charge in [0.05, 0.1) is 0 Å². The van der Waals surface area contributed by atoms with Crippen LogP contribution in [0.15, 0.2) is 36.5 Å². The van der Waals surface area contributed by atoms with Crippen LogP contribution in [0.2, 0.25) is 0 Å². The van der Waals surface area contributed by atoms with Crippen molar-refractivity contribution >= 4 is 10.9 Å². The number of para-hydroxylation sites is 1. The molecule has 15 heavy (non-hydrogen) atoms. The Morgan fingerprint density at radius 2 is 1.80 bits per heavy atom. The van der Waals surface area contributed by atoms with E-state index in [9.17, 15) is 0 Å². The van der Waals surface area contributed by atoms with Crippen LogP contribution in [-0.2, 0) is 7.05 Å². The second kappa shape index (κ2) is 4.99. The number of hydrogen-bond acceptors (Lipinski definition) is 1. The summed E-state index contributed by atoms with van der Waals surface area (Å²) >= 11 is 0. The minimum absolute atomic E-state index is 1.25. The molecule has 1 N–H and O–H groups in total. The SMILES string of the molecule is C1CCNC1.Cn1ccc2ccccc21. The maximum atomic E-state index is 3.22. The molecule has 0 radical (unpaired) electrons. The van der Waals surface area contributed by atoms with Crippen molar-refractivity contribution in [1.82, 2.24) is 9.88 Å². The van der Waals surface area contributed by atoms with Crippen molar-refractivity contribution < 1.29 is 0 Å². The fourth-order valence-electron chi connectivity index (χ4n) is 1.85. The summed E-state index contributed by atoms with van der Waals surface area (Å²) in [5, 5.41) is 4.53. The third kappa shape index (κ3) is 2.60. The van der Waals surface area contributed by atoms with Crippen molar-refractivity contribution in [3.8, 4) is 0 Å². The standard InChI is InChI=1S/C9H9N.C4H9N/c1-10-7-6-8-4-2-3-5-9(8)10;1-2-4-5-3-1/h2-7H,1H3;5H,1-4H2. The van der Waals surface area contributed by atoms with Crippen molar-refractivity contribution in [2.24, 2.45) is 7.05 Å². The third-order valence-electron chi connectivity index (χ3n) is 2.75. The average molecular weight is 202 g/mol. The Hall–Kier alpha value is -1.28. The largest absolute Gasteiger partial charge is 0.351 e. The van der Waals surface area contributed by atoms with Crippen LogP contribution >= 0.6 is 0 Å². The van der Waals surface area contributed by atoms with Crippen molar-refractivity contribution in [1.29, 1.82) is 0 Å². The molecule has 0 spiro atoms. The molecule has 1 aromatic carbocycles. The Labute approximate surface area is 90.9 Å². The van der Waals surface area contributed by atoms with Gasteiger partial charge in [-0.05, 0) is 43.5 Å². The highest BCUT2D eigenvalue weighted by Crippen LogP contribution is 2.12. The van der Waals surface area contributed by atoms with Gasteiger partial charge in [0.2, 0.25) is 0 Å². The van der Waals surface area contributed by atoms with E-state index in [0.29, 0.717) is 0 Å². The maximum Gasteiger partial charge on any atom is 0.0477 e. The van der Waals surface area contributed by atoms with Crippen LogP contribution in [0.3, 0.4) is 0 Å². The quantitative estimate of drug-likeness (QED) is 0.694. The van der Waals surface area contributed by atoms with E-state index in [0.717, 1.165) is 0 Å². The lowest BCUT2D eigenvalue weighted by Gasteiger charge is -1.92. The van der Waals surface area contributed by atoms with Gasteiger partial charge in [-0.15, -0.1) is 0 Å². The number of aromatic nitrogens is 1. The molecule has 1 saturated heterocycles. The molecule has 2 aromatic rings. The van der Waals surface area contributed by atoms with Crippen molar-refractivity contribution in [3.63, 3.8) is 0 Å². The Bertz CT molecular complexity index is 406. The lowest BCUT2D eigenvalue weighted by atomic mass is 10.2. The van der Waals surface area contributed by atoms with Gasteiger partial charge in [0, 0.05) is 18.8 Å². The zero-order valence-electron chi connectivity index (χ0n) is 9.24. The monoisotopic (exact) mass is 202 g/mol. The predicted octanol–water partition coefficient (Wildman–Crippen LogP) is 2.55. The van der Waals surface area contributed by atoms with E-state index < -0.39 is 0 Å². The van der Waals surface area contributed by atoms with Crippen LogP contribution in [-0.4, -0.2) is 17.7 Å². The molecular formula is C13H18N2. The Morgan fingerprint density at radius 1 is 1.07 bits per heavy atom. The molecule has 0 amide bonds. The maximum absolute atomic E-state index is 3.22. The first-order valence-corrected chi connectivity index (χ1v) is 5.59. The Balaban J connectivity index is 0.000000144. The molecular weight excluding hydrogens is 184 g/mol. The van der Waals surface area contributed by atoms with E-state index in [1.54, 1.807) is 0 Å². The summed E-state index contributed by atoms with van der Waals surface area (Å²) in [7, 11) is 2.06. The molecule has 0 bridgehead atoms. The van der Waals surface area contributed by atoms with Crippen molar-refractivity contribution in [2.45, 2.75) is 12.8 Å². The molecule has 2 heteroatoms. The number of rotatable bonds is 0. The summed E-state index contributed by atoms with van der Waals surface area (Å²) in [5.74, 6) is 0. The number of nitrogens with zero attached hydrogens (tertiary/aromatic N) is 1. The minimum Gasteiger partial charge on any atom is -0.351 e. The number of fused-ring (bicyclic) bond motifs is 1. The van der Waals surface area contributed by atoms with Crippen LogP contribution in [0.25, 0.3) is 10.9 Å². The molecule has 3 rings (SSSR count). The van der Waals surface area contributed by atoms with Gasteiger partial charge in [-0.25, -0.2) is 0 Å². The van der Waals surface area contributed by atoms with Crippen molar-refractivity contribution in [2.75, 3.05) is 13.1 Å². The molecule has 2 heterocycles. The van der Waals surface area contributed by atoms with E-state index in [4.69, 9.17) is 0 Å². The fraction of sp³-hybridized carbons (Fsp3) is 0.385. The zero-order valence-corrected chi connectivity index (χ0v) is 9.24. The summed E-state index contributed by atoms with van der Waals surface area (Å²) in [6.45, 7) is 2.50. The van der Waals surface area contributed by atoms with Gasteiger partial charge in [0.15, 0.2) is 0 Å². The van der Waals surface area contributed by atoms with Gasteiger partial charge in [-0.3, -0.25) is 0 Å². The molecule has 1 aromatic heterocycles. The van der Waals surface area contributed by atoms with E-state index >= 15 is 0 Å². The van der Waals surface area contributed by atoms with Gasteiger partial charge in [-0.1, -0.05) is 18.2 Å². The average Bonchev–Trinajstić information content (AvgIpc) is 2.92. The lowest BCUT2D eigenvalue weighted by Crippen LogP contribution is -2.03. The first-order chi connectivity index (χ1) is 7.38. The Morgan fingerprint density at radius 3 is 2.40 bits per heavy atom. The highest BCUT2D eigenvalue weighted by atomic mass is 14.9. The first-order valence-electron chi connectivity index (χ1n) is 5.59. The normalized spacial score (nSPS) is 15.0. The lowest BCUT2D eigenvalue weighted by molar-refractivity contribution is 0.857. The summed E-state index contributed by atoms with van der Waals surface area (Å²) < 4.78 is 2.12. The van der Waals surface area contributed by atoms with Crippen LogP contribution in [0.4, 0.5) is 0 Å². The van der Waals surface area contributed by atoms with Gasteiger partial charge < -0.3 is 9.88 Å². The second-order valence-corrected chi connectivity index (χ2v) is 3.94. The van der Waals surface area contributed by atoms with E-state index in [1.165, 1.54) is 36.8 Å². The highest BCUT2D eigenvalue weighted by Gasteiger charge is 1.93. The van der Waals surface area contributed by atoms with Crippen LogP contribution < -0.4 is 5.32 Å². The smallest absolute Gasteiger partial charge is 0.0477 e. The van der Waals surface area contributed by atoms with Crippen molar-refractivity contribution in [3.05, 3.63) is 36.5 Å². The highest BCUT2D eigenvalue weighted by molar-refractivity contribution is 5.79. The number of hydrogen-bond donors (Lipinski definition) is 1. The summed E-state index contributed by atoms with van der Waals surface area (Å²) in [6, 6.07) is 10.5. The van der Waals surface area contributed by atoms with Gasteiger partial charge in [0.1, 0.15) is 0 Å². The predicted molar refractivity (Wildman–Crippen MR) is 65.0 cm³/mol. The molecule has 0 aliphatic carbocycles. The minimum atomic E-state index is 1.25. The molecule has 1 aliphatic rings. The fourth-order valence-corrected chi connectivity index (χ4v) is 1.85. The number of benzene rings is 1. The number of aryl methyl sites for hydroxylation is 1. The third-order valence-corrected chi connectivity index (χ3v) is 2.75. The second-order valence-electron chi connectivity index (χ2n) is 3.94. The van der Waals surface area contributed by atoms with Crippen LogP contribution in [0, 0.1) is 0 Å². The molecule has 0 saturated carbocycles. The van der Waals surface area contributed by atoms with E-state index in [2.05, 4.69) is 53.5 Å².